The van der Waals surface area contributed by atoms with Crippen LogP contribution in [0.5, 0.6) is 11.5 Å². The standard InChI is InChI=1S/C11H13NO3/c12-4-3-8-5-7-1-2-9(13)6-10(7)15-11(8)14/h1-2,5-6,11,13-14H,3-4,12H2. The highest BCUT2D eigenvalue weighted by Crippen LogP contribution is 2.32. The Morgan fingerprint density at radius 1 is 1.40 bits per heavy atom. The fourth-order valence-corrected chi connectivity index (χ4v) is 1.57. The number of fused-ring (bicyclic) bond motifs is 1. The molecule has 1 aliphatic rings. The van der Waals surface area contributed by atoms with Gasteiger partial charge in [0.2, 0.25) is 6.29 Å². The fraction of sp³-hybridized carbons (Fsp3) is 0.273. The van der Waals surface area contributed by atoms with E-state index in [2.05, 4.69) is 0 Å². The van der Waals surface area contributed by atoms with Crippen LogP contribution in [0.1, 0.15) is 12.0 Å². The zero-order chi connectivity index (χ0) is 10.8. The number of hydrogen-bond acceptors (Lipinski definition) is 4. The summed E-state index contributed by atoms with van der Waals surface area (Å²) < 4.78 is 5.25. The predicted octanol–water partition coefficient (Wildman–Crippen LogP) is 0.835. The number of aliphatic hydroxyl groups is 1. The van der Waals surface area contributed by atoms with Crippen molar-refractivity contribution in [1.29, 1.82) is 0 Å². The second kappa shape index (κ2) is 3.92. The van der Waals surface area contributed by atoms with E-state index in [9.17, 15) is 10.2 Å². The first-order valence-corrected chi connectivity index (χ1v) is 4.79. The maximum Gasteiger partial charge on any atom is 0.220 e. The highest BCUT2D eigenvalue weighted by Gasteiger charge is 2.19. The van der Waals surface area contributed by atoms with Crippen LogP contribution in [0.15, 0.2) is 23.8 Å². The molecule has 1 atom stereocenters. The van der Waals surface area contributed by atoms with Gasteiger partial charge < -0.3 is 20.7 Å². The predicted molar refractivity (Wildman–Crippen MR) is 56.4 cm³/mol. The minimum Gasteiger partial charge on any atom is -0.508 e. The number of phenolic OH excluding ortho intramolecular Hbond substituents is 1. The molecule has 0 amide bonds. The lowest BCUT2D eigenvalue weighted by Crippen LogP contribution is -2.23. The molecular weight excluding hydrogens is 194 g/mol. The van der Waals surface area contributed by atoms with Crippen molar-refractivity contribution in [3.63, 3.8) is 0 Å². The first-order chi connectivity index (χ1) is 7.20. The molecule has 1 unspecified atom stereocenters. The Morgan fingerprint density at radius 2 is 2.20 bits per heavy atom. The lowest BCUT2D eigenvalue weighted by Gasteiger charge is -2.23. The van der Waals surface area contributed by atoms with Crippen molar-refractivity contribution < 1.29 is 14.9 Å². The molecule has 0 aliphatic carbocycles. The molecule has 0 saturated heterocycles. The number of aromatic hydroxyl groups is 1. The monoisotopic (exact) mass is 207 g/mol. The van der Waals surface area contributed by atoms with Crippen LogP contribution in [0, 0.1) is 0 Å². The van der Waals surface area contributed by atoms with Crippen LogP contribution in [0.25, 0.3) is 6.08 Å². The SMILES string of the molecule is NCCC1=Cc2ccc(O)cc2OC1O. The van der Waals surface area contributed by atoms with Crippen molar-refractivity contribution in [3.8, 4) is 11.5 Å². The van der Waals surface area contributed by atoms with Gasteiger partial charge in [0.1, 0.15) is 11.5 Å². The van der Waals surface area contributed by atoms with Crippen molar-refractivity contribution in [3.05, 3.63) is 29.3 Å². The maximum absolute atomic E-state index is 9.61. The van der Waals surface area contributed by atoms with Crippen LogP contribution in [0.2, 0.25) is 0 Å². The van der Waals surface area contributed by atoms with Gasteiger partial charge in [-0.15, -0.1) is 0 Å². The van der Waals surface area contributed by atoms with E-state index >= 15 is 0 Å². The Morgan fingerprint density at radius 3 is 2.93 bits per heavy atom. The Balaban J connectivity index is 2.36. The molecule has 0 aromatic heterocycles. The summed E-state index contributed by atoms with van der Waals surface area (Å²) in [5.41, 5.74) is 7.03. The van der Waals surface area contributed by atoms with Crippen LogP contribution in [-0.4, -0.2) is 23.0 Å². The molecule has 1 aliphatic heterocycles. The van der Waals surface area contributed by atoms with Gasteiger partial charge in [0.15, 0.2) is 0 Å². The largest absolute Gasteiger partial charge is 0.508 e. The zero-order valence-electron chi connectivity index (χ0n) is 8.18. The summed E-state index contributed by atoms with van der Waals surface area (Å²) in [6, 6.07) is 4.80. The van der Waals surface area contributed by atoms with Crippen molar-refractivity contribution in [2.75, 3.05) is 6.54 Å². The molecule has 80 valence electrons. The number of ether oxygens (including phenoxy) is 1. The van der Waals surface area contributed by atoms with Gasteiger partial charge in [0.25, 0.3) is 0 Å². The zero-order valence-corrected chi connectivity index (χ0v) is 8.18. The van der Waals surface area contributed by atoms with Crippen molar-refractivity contribution in [2.45, 2.75) is 12.7 Å². The quantitative estimate of drug-likeness (QED) is 0.671. The van der Waals surface area contributed by atoms with Gasteiger partial charge in [0, 0.05) is 11.6 Å². The highest BCUT2D eigenvalue weighted by molar-refractivity contribution is 5.63. The third kappa shape index (κ3) is 1.95. The van der Waals surface area contributed by atoms with Gasteiger partial charge in [-0.3, -0.25) is 0 Å². The molecule has 1 aromatic carbocycles. The van der Waals surface area contributed by atoms with Gasteiger partial charge >= 0.3 is 0 Å². The molecule has 1 heterocycles. The van der Waals surface area contributed by atoms with E-state index in [0.717, 1.165) is 11.1 Å². The molecule has 0 radical (unpaired) electrons. The van der Waals surface area contributed by atoms with E-state index in [-0.39, 0.29) is 5.75 Å². The number of phenols is 1. The second-order valence-corrected chi connectivity index (χ2v) is 3.45. The summed E-state index contributed by atoms with van der Waals surface area (Å²) in [5, 5.41) is 18.9. The Hall–Kier alpha value is -1.52. The van der Waals surface area contributed by atoms with Gasteiger partial charge in [-0.1, -0.05) is 0 Å². The average molecular weight is 207 g/mol. The van der Waals surface area contributed by atoms with E-state index in [1.54, 1.807) is 12.1 Å². The average Bonchev–Trinajstić information content (AvgIpc) is 2.20. The smallest absolute Gasteiger partial charge is 0.220 e. The van der Waals surface area contributed by atoms with E-state index in [0.29, 0.717) is 18.7 Å². The lowest BCUT2D eigenvalue weighted by atomic mass is 10.0. The van der Waals surface area contributed by atoms with E-state index < -0.39 is 6.29 Å². The molecule has 4 heteroatoms. The number of hydrogen-bond donors (Lipinski definition) is 3. The summed E-state index contributed by atoms with van der Waals surface area (Å²) in [4.78, 5) is 0. The first-order valence-electron chi connectivity index (χ1n) is 4.79. The van der Waals surface area contributed by atoms with Crippen LogP contribution in [0.4, 0.5) is 0 Å². The molecule has 4 nitrogen and oxygen atoms in total. The summed E-state index contributed by atoms with van der Waals surface area (Å²) in [6.45, 7) is 0.472. The van der Waals surface area contributed by atoms with E-state index in [4.69, 9.17) is 10.5 Å². The molecule has 15 heavy (non-hydrogen) atoms. The summed E-state index contributed by atoms with van der Waals surface area (Å²) >= 11 is 0. The molecule has 2 rings (SSSR count). The number of benzene rings is 1. The van der Waals surface area contributed by atoms with Crippen LogP contribution in [0.3, 0.4) is 0 Å². The van der Waals surface area contributed by atoms with Crippen molar-refractivity contribution in [1.82, 2.24) is 0 Å². The second-order valence-electron chi connectivity index (χ2n) is 3.45. The first kappa shape index (κ1) is 10.0. The van der Waals surface area contributed by atoms with Gasteiger partial charge in [-0.25, -0.2) is 0 Å². The van der Waals surface area contributed by atoms with Crippen LogP contribution >= 0.6 is 0 Å². The topological polar surface area (TPSA) is 75.7 Å². The number of nitrogens with two attached hydrogens (primary N) is 1. The lowest BCUT2D eigenvalue weighted by molar-refractivity contribution is 0.0104. The van der Waals surface area contributed by atoms with Crippen LogP contribution < -0.4 is 10.5 Å². The Kier molecular flexibility index (Phi) is 2.62. The molecular formula is C11H13NO3. The number of rotatable bonds is 2. The Labute approximate surface area is 87.6 Å². The molecule has 0 fully saturated rings. The third-order valence-electron chi connectivity index (χ3n) is 2.33. The third-order valence-corrected chi connectivity index (χ3v) is 2.33. The van der Waals surface area contributed by atoms with Crippen molar-refractivity contribution >= 4 is 6.08 Å². The number of aliphatic hydroxyl groups excluding tert-OH is 1. The highest BCUT2D eigenvalue weighted by atomic mass is 16.6. The van der Waals surface area contributed by atoms with Crippen LogP contribution in [-0.2, 0) is 0 Å². The summed E-state index contributed by atoms with van der Waals surface area (Å²) in [7, 11) is 0. The molecule has 0 saturated carbocycles. The minimum absolute atomic E-state index is 0.122. The minimum atomic E-state index is -0.956. The molecule has 0 spiro atoms. The molecule has 4 N–H and O–H groups in total. The fourth-order valence-electron chi connectivity index (χ4n) is 1.57. The van der Waals surface area contributed by atoms with Gasteiger partial charge in [-0.05, 0) is 36.7 Å². The summed E-state index contributed by atoms with van der Waals surface area (Å²) in [5.74, 6) is 0.611. The molecule has 1 aromatic rings. The normalized spacial score (nSPS) is 19.1. The van der Waals surface area contributed by atoms with Gasteiger partial charge in [-0.2, -0.15) is 0 Å². The van der Waals surface area contributed by atoms with E-state index in [1.165, 1.54) is 6.07 Å². The molecule has 0 bridgehead atoms. The Bertz CT molecular complexity index is 401. The van der Waals surface area contributed by atoms with Crippen molar-refractivity contribution in [2.24, 2.45) is 5.73 Å². The van der Waals surface area contributed by atoms with Gasteiger partial charge in [0.05, 0.1) is 0 Å². The maximum atomic E-state index is 9.61. The van der Waals surface area contributed by atoms with E-state index in [1.807, 2.05) is 6.08 Å². The summed E-state index contributed by atoms with van der Waals surface area (Å²) in [6.07, 6.45) is 1.49.